The zero-order chi connectivity index (χ0) is 15.5. The summed E-state index contributed by atoms with van der Waals surface area (Å²) in [4.78, 5) is 11.8. The number of alkyl carbamates (subject to hydrolysis) is 1. The SMILES string of the molecule is CC(NC1CCCCC1CNC(=O)OC(C)(C)C)C1CC1. The number of carbonyl (C=O) groups excluding carboxylic acids is 1. The molecule has 0 aliphatic heterocycles. The molecular formula is C17H32N2O2. The third-order valence-electron chi connectivity index (χ3n) is 4.62. The molecule has 3 atom stereocenters. The van der Waals surface area contributed by atoms with Crippen molar-refractivity contribution in [2.45, 2.75) is 83.9 Å². The van der Waals surface area contributed by atoms with Crippen LogP contribution in [0.15, 0.2) is 0 Å². The van der Waals surface area contributed by atoms with E-state index in [-0.39, 0.29) is 6.09 Å². The minimum Gasteiger partial charge on any atom is -0.444 e. The highest BCUT2D eigenvalue weighted by molar-refractivity contribution is 5.67. The maximum absolute atomic E-state index is 11.8. The molecule has 122 valence electrons. The van der Waals surface area contributed by atoms with E-state index in [1.807, 2.05) is 20.8 Å². The molecule has 4 heteroatoms. The Kier molecular flexibility index (Phi) is 5.53. The molecule has 2 N–H and O–H groups in total. The van der Waals surface area contributed by atoms with Gasteiger partial charge in [-0.1, -0.05) is 12.8 Å². The monoisotopic (exact) mass is 296 g/mol. The number of rotatable bonds is 5. The summed E-state index contributed by atoms with van der Waals surface area (Å²) >= 11 is 0. The van der Waals surface area contributed by atoms with Crippen LogP contribution in [0.25, 0.3) is 0 Å². The van der Waals surface area contributed by atoms with Crippen LogP contribution in [0.1, 0.15) is 66.2 Å². The predicted molar refractivity (Wildman–Crippen MR) is 85.3 cm³/mol. The summed E-state index contributed by atoms with van der Waals surface area (Å²) in [5, 5.41) is 6.77. The van der Waals surface area contributed by atoms with Crippen LogP contribution >= 0.6 is 0 Å². The van der Waals surface area contributed by atoms with E-state index < -0.39 is 5.60 Å². The first-order chi connectivity index (χ1) is 9.85. The lowest BCUT2D eigenvalue weighted by molar-refractivity contribution is 0.0510. The maximum atomic E-state index is 11.8. The van der Waals surface area contributed by atoms with Crippen LogP contribution in [-0.4, -0.2) is 30.3 Å². The summed E-state index contributed by atoms with van der Waals surface area (Å²) in [5.74, 6) is 1.42. The lowest BCUT2D eigenvalue weighted by atomic mass is 9.84. The molecule has 0 aromatic carbocycles. The zero-order valence-electron chi connectivity index (χ0n) is 14.1. The highest BCUT2D eigenvalue weighted by atomic mass is 16.6. The average Bonchev–Trinajstić information content (AvgIpc) is 3.20. The van der Waals surface area contributed by atoms with Crippen molar-refractivity contribution in [2.75, 3.05) is 6.54 Å². The fraction of sp³-hybridized carbons (Fsp3) is 0.941. The molecule has 1 amide bonds. The van der Waals surface area contributed by atoms with Gasteiger partial charge in [-0.2, -0.15) is 0 Å². The Morgan fingerprint density at radius 1 is 1.19 bits per heavy atom. The largest absolute Gasteiger partial charge is 0.444 e. The van der Waals surface area contributed by atoms with Crippen molar-refractivity contribution >= 4 is 6.09 Å². The van der Waals surface area contributed by atoms with Gasteiger partial charge in [0, 0.05) is 18.6 Å². The number of nitrogens with one attached hydrogen (secondary N) is 2. The van der Waals surface area contributed by atoms with Crippen molar-refractivity contribution in [1.29, 1.82) is 0 Å². The Balaban J connectivity index is 1.77. The van der Waals surface area contributed by atoms with Crippen LogP contribution in [0.2, 0.25) is 0 Å². The highest BCUT2D eigenvalue weighted by Gasteiger charge is 2.32. The van der Waals surface area contributed by atoms with Gasteiger partial charge in [0.2, 0.25) is 0 Å². The molecule has 2 saturated carbocycles. The Bertz CT molecular complexity index is 347. The molecule has 0 heterocycles. The van der Waals surface area contributed by atoms with Crippen LogP contribution in [0.4, 0.5) is 4.79 Å². The second-order valence-corrected chi connectivity index (χ2v) is 7.83. The summed E-state index contributed by atoms with van der Waals surface area (Å²) in [5.41, 5.74) is -0.422. The van der Waals surface area contributed by atoms with Crippen LogP contribution in [0.3, 0.4) is 0 Å². The molecule has 0 bridgehead atoms. The molecule has 21 heavy (non-hydrogen) atoms. The number of hydrogen-bond donors (Lipinski definition) is 2. The highest BCUT2D eigenvalue weighted by Crippen LogP contribution is 2.34. The Morgan fingerprint density at radius 3 is 2.48 bits per heavy atom. The fourth-order valence-corrected chi connectivity index (χ4v) is 3.27. The third kappa shape index (κ3) is 5.85. The van der Waals surface area contributed by atoms with Gasteiger partial charge in [0.25, 0.3) is 0 Å². The Hall–Kier alpha value is -0.770. The summed E-state index contributed by atoms with van der Waals surface area (Å²) in [6.07, 6.45) is 7.47. The average molecular weight is 296 g/mol. The van der Waals surface area contributed by atoms with Crippen molar-refractivity contribution < 1.29 is 9.53 Å². The summed E-state index contributed by atoms with van der Waals surface area (Å²) < 4.78 is 5.32. The second kappa shape index (κ2) is 6.99. The van der Waals surface area contributed by atoms with Crippen LogP contribution < -0.4 is 10.6 Å². The summed E-state index contributed by atoms with van der Waals surface area (Å²) in [7, 11) is 0. The van der Waals surface area contributed by atoms with Gasteiger partial charge in [-0.15, -0.1) is 0 Å². The summed E-state index contributed by atoms with van der Waals surface area (Å²) in [6, 6.07) is 1.17. The van der Waals surface area contributed by atoms with Crippen molar-refractivity contribution in [3.8, 4) is 0 Å². The van der Waals surface area contributed by atoms with Crippen molar-refractivity contribution in [1.82, 2.24) is 10.6 Å². The minimum atomic E-state index is -0.422. The molecule has 0 aromatic rings. The van der Waals surface area contributed by atoms with Crippen molar-refractivity contribution in [3.63, 3.8) is 0 Å². The van der Waals surface area contributed by atoms with E-state index >= 15 is 0 Å². The van der Waals surface area contributed by atoms with Gasteiger partial charge in [0.1, 0.15) is 5.60 Å². The molecule has 2 aliphatic rings. The minimum absolute atomic E-state index is 0.290. The second-order valence-electron chi connectivity index (χ2n) is 7.83. The number of hydrogen-bond acceptors (Lipinski definition) is 3. The van der Waals surface area contributed by atoms with Crippen molar-refractivity contribution in [3.05, 3.63) is 0 Å². The van der Waals surface area contributed by atoms with E-state index in [2.05, 4.69) is 17.6 Å². The van der Waals surface area contributed by atoms with Gasteiger partial charge in [0.15, 0.2) is 0 Å². The van der Waals surface area contributed by atoms with Gasteiger partial charge in [0.05, 0.1) is 0 Å². The Labute approximate surface area is 129 Å². The molecule has 0 spiro atoms. The van der Waals surface area contributed by atoms with Crippen LogP contribution in [0.5, 0.6) is 0 Å². The molecule has 0 aromatic heterocycles. The molecule has 0 saturated heterocycles. The molecule has 3 unspecified atom stereocenters. The molecule has 2 rings (SSSR count). The first-order valence-electron chi connectivity index (χ1n) is 8.58. The zero-order valence-corrected chi connectivity index (χ0v) is 14.1. The van der Waals surface area contributed by atoms with E-state index in [9.17, 15) is 4.79 Å². The topological polar surface area (TPSA) is 50.4 Å². The first kappa shape index (κ1) is 16.6. The Morgan fingerprint density at radius 2 is 1.86 bits per heavy atom. The fourth-order valence-electron chi connectivity index (χ4n) is 3.27. The molecule has 2 fully saturated rings. The maximum Gasteiger partial charge on any atom is 0.407 e. The number of carbonyl (C=O) groups is 1. The standard InChI is InChI=1S/C17H32N2O2/c1-12(13-9-10-13)19-15-8-6-5-7-14(15)11-18-16(20)21-17(2,3)4/h12-15,19H,5-11H2,1-4H3,(H,18,20). The third-order valence-corrected chi connectivity index (χ3v) is 4.62. The molecule has 0 radical (unpaired) electrons. The lowest BCUT2D eigenvalue weighted by Crippen LogP contribution is -2.48. The van der Waals surface area contributed by atoms with E-state index in [0.717, 1.165) is 12.5 Å². The number of ether oxygens (including phenoxy) is 1. The van der Waals surface area contributed by atoms with Crippen molar-refractivity contribution in [2.24, 2.45) is 11.8 Å². The normalized spacial score (nSPS) is 28.0. The van der Waals surface area contributed by atoms with E-state index in [0.29, 0.717) is 18.0 Å². The quantitative estimate of drug-likeness (QED) is 0.817. The van der Waals surface area contributed by atoms with Gasteiger partial charge in [-0.05, 0) is 65.2 Å². The van der Waals surface area contributed by atoms with Gasteiger partial charge in [-0.3, -0.25) is 0 Å². The molecule has 2 aliphatic carbocycles. The van der Waals surface area contributed by atoms with Crippen LogP contribution in [0, 0.1) is 11.8 Å². The van der Waals surface area contributed by atoms with Crippen LogP contribution in [-0.2, 0) is 4.74 Å². The van der Waals surface area contributed by atoms with E-state index in [1.165, 1.54) is 38.5 Å². The smallest absolute Gasteiger partial charge is 0.407 e. The van der Waals surface area contributed by atoms with Gasteiger partial charge >= 0.3 is 6.09 Å². The number of amides is 1. The van der Waals surface area contributed by atoms with E-state index in [1.54, 1.807) is 0 Å². The first-order valence-corrected chi connectivity index (χ1v) is 8.58. The van der Waals surface area contributed by atoms with E-state index in [4.69, 9.17) is 4.74 Å². The molecular weight excluding hydrogens is 264 g/mol. The van der Waals surface area contributed by atoms with Gasteiger partial charge < -0.3 is 15.4 Å². The molecule has 4 nitrogen and oxygen atoms in total. The lowest BCUT2D eigenvalue weighted by Gasteiger charge is -2.34. The summed E-state index contributed by atoms with van der Waals surface area (Å²) in [6.45, 7) is 8.73. The van der Waals surface area contributed by atoms with Gasteiger partial charge in [-0.25, -0.2) is 4.79 Å². The predicted octanol–water partition coefficient (Wildman–Crippen LogP) is 3.46.